The van der Waals surface area contributed by atoms with E-state index in [1.54, 1.807) is 18.2 Å². The van der Waals surface area contributed by atoms with Crippen molar-refractivity contribution in [2.45, 2.75) is 26.4 Å². The fourth-order valence-electron chi connectivity index (χ4n) is 2.41. The van der Waals surface area contributed by atoms with Gasteiger partial charge >= 0.3 is 17.8 Å². The highest BCUT2D eigenvalue weighted by molar-refractivity contribution is 6.35. The molecule has 0 unspecified atom stereocenters. The standard InChI is InChI=1S/C15H18N2O4/c1-10(2)17-8-7-16(13(18)14(17)19)9-11-5-3-4-6-12(11)15(20)21/h3-6,10H,7-9H2,1-2H3,(H,20,21). The lowest BCUT2D eigenvalue weighted by atomic mass is 10.1. The number of benzene rings is 1. The minimum absolute atomic E-state index is 0.0186. The summed E-state index contributed by atoms with van der Waals surface area (Å²) in [5.74, 6) is -2.13. The largest absolute Gasteiger partial charge is 0.478 e. The molecule has 0 saturated carbocycles. The Hall–Kier alpha value is -2.37. The number of carbonyl (C=O) groups is 3. The summed E-state index contributed by atoms with van der Waals surface area (Å²) in [6, 6.07) is 6.49. The maximum atomic E-state index is 12.1. The van der Waals surface area contributed by atoms with Crippen LogP contribution in [0.25, 0.3) is 0 Å². The number of carbonyl (C=O) groups excluding carboxylic acids is 2. The monoisotopic (exact) mass is 290 g/mol. The summed E-state index contributed by atoms with van der Waals surface area (Å²) in [4.78, 5) is 38.2. The van der Waals surface area contributed by atoms with Crippen LogP contribution in [0.1, 0.15) is 29.8 Å². The number of rotatable bonds is 4. The van der Waals surface area contributed by atoms with E-state index in [1.165, 1.54) is 15.9 Å². The molecule has 0 bridgehead atoms. The van der Waals surface area contributed by atoms with Gasteiger partial charge < -0.3 is 14.9 Å². The number of nitrogens with zero attached hydrogens (tertiary/aromatic N) is 2. The second-order valence-electron chi connectivity index (χ2n) is 5.28. The average molecular weight is 290 g/mol. The normalized spacial score (nSPS) is 15.8. The molecule has 0 aromatic heterocycles. The molecule has 0 spiro atoms. The van der Waals surface area contributed by atoms with E-state index in [9.17, 15) is 14.4 Å². The van der Waals surface area contributed by atoms with Gasteiger partial charge in [-0.05, 0) is 25.5 Å². The van der Waals surface area contributed by atoms with E-state index < -0.39 is 17.8 Å². The van der Waals surface area contributed by atoms with Gasteiger partial charge in [0.05, 0.1) is 5.56 Å². The molecule has 6 heteroatoms. The molecule has 1 aliphatic heterocycles. The number of aromatic carboxylic acids is 1. The minimum atomic E-state index is -1.04. The van der Waals surface area contributed by atoms with Crippen molar-refractivity contribution in [3.63, 3.8) is 0 Å². The van der Waals surface area contributed by atoms with Gasteiger partial charge in [-0.1, -0.05) is 18.2 Å². The van der Waals surface area contributed by atoms with Crippen LogP contribution in [-0.2, 0) is 16.1 Å². The Morgan fingerprint density at radius 3 is 2.48 bits per heavy atom. The first kappa shape index (κ1) is 15.0. The van der Waals surface area contributed by atoms with E-state index in [4.69, 9.17) is 5.11 Å². The fourth-order valence-corrected chi connectivity index (χ4v) is 2.41. The van der Waals surface area contributed by atoms with Crippen LogP contribution in [-0.4, -0.2) is 51.8 Å². The highest BCUT2D eigenvalue weighted by Crippen LogP contribution is 2.15. The third kappa shape index (κ3) is 3.04. The molecule has 0 radical (unpaired) electrons. The van der Waals surface area contributed by atoms with Crippen molar-refractivity contribution in [1.82, 2.24) is 9.80 Å². The topological polar surface area (TPSA) is 77.9 Å². The summed E-state index contributed by atoms with van der Waals surface area (Å²) in [7, 11) is 0. The second-order valence-corrected chi connectivity index (χ2v) is 5.28. The summed E-state index contributed by atoms with van der Waals surface area (Å²) < 4.78 is 0. The van der Waals surface area contributed by atoms with Crippen LogP contribution in [0.4, 0.5) is 0 Å². The average Bonchev–Trinajstić information content (AvgIpc) is 2.44. The molecule has 1 N–H and O–H groups in total. The summed E-state index contributed by atoms with van der Waals surface area (Å²) in [5, 5.41) is 9.15. The van der Waals surface area contributed by atoms with Crippen molar-refractivity contribution >= 4 is 17.8 Å². The SMILES string of the molecule is CC(C)N1CCN(Cc2ccccc2C(=O)O)C(=O)C1=O. The number of piperazine rings is 1. The third-order valence-electron chi connectivity index (χ3n) is 3.57. The van der Waals surface area contributed by atoms with Crippen molar-refractivity contribution in [1.29, 1.82) is 0 Å². The number of amides is 2. The molecule has 1 saturated heterocycles. The van der Waals surface area contributed by atoms with Crippen LogP contribution in [0, 0.1) is 0 Å². The van der Waals surface area contributed by atoms with E-state index in [0.717, 1.165) is 0 Å². The van der Waals surface area contributed by atoms with Crippen LogP contribution in [0.5, 0.6) is 0 Å². The van der Waals surface area contributed by atoms with Crippen LogP contribution in [0.3, 0.4) is 0 Å². The molecule has 0 atom stereocenters. The molecule has 1 aromatic carbocycles. The predicted octanol–water partition coefficient (Wildman–Crippen LogP) is 0.964. The van der Waals surface area contributed by atoms with Crippen molar-refractivity contribution < 1.29 is 19.5 Å². The zero-order valence-electron chi connectivity index (χ0n) is 12.1. The molecular formula is C15H18N2O4. The van der Waals surface area contributed by atoms with Gasteiger partial charge in [0.1, 0.15) is 0 Å². The van der Waals surface area contributed by atoms with Crippen LogP contribution in [0.15, 0.2) is 24.3 Å². The minimum Gasteiger partial charge on any atom is -0.478 e. The summed E-state index contributed by atoms with van der Waals surface area (Å²) >= 11 is 0. The Labute approximate surface area is 123 Å². The highest BCUT2D eigenvalue weighted by atomic mass is 16.4. The third-order valence-corrected chi connectivity index (χ3v) is 3.57. The van der Waals surface area contributed by atoms with Crippen molar-refractivity contribution in [2.24, 2.45) is 0 Å². The molecule has 112 valence electrons. The van der Waals surface area contributed by atoms with Crippen molar-refractivity contribution in [2.75, 3.05) is 13.1 Å². The molecule has 1 aliphatic rings. The molecule has 2 amide bonds. The number of carboxylic acid groups (broad SMARTS) is 1. The first-order valence-electron chi connectivity index (χ1n) is 6.83. The highest BCUT2D eigenvalue weighted by Gasteiger charge is 2.34. The van der Waals surface area contributed by atoms with Gasteiger partial charge in [0.15, 0.2) is 0 Å². The van der Waals surface area contributed by atoms with Gasteiger partial charge in [0.25, 0.3) is 0 Å². The molecule has 1 fully saturated rings. The van der Waals surface area contributed by atoms with Gasteiger partial charge in [-0.25, -0.2) is 4.79 Å². The zero-order chi connectivity index (χ0) is 15.6. The molecule has 2 rings (SSSR count). The smallest absolute Gasteiger partial charge is 0.336 e. The van der Waals surface area contributed by atoms with Crippen molar-refractivity contribution in [3.05, 3.63) is 35.4 Å². The summed E-state index contributed by atoms with van der Waals surface area (Å²) in [5.41, 5.74) is 0.688. The van der Waals surface area contributed by atoms with Gasteiger partial charge in [-0.3, -0.25) is 9.59 Å². The van der Waals surface area contributed by atoms with E-state index in [2.05, 4.69) is 0 Å². The van der Waals surface area contributed by atoms with Crippen molar-refractivity contribution in [3.8, 4) is 0 Å². The number of hydrogen-bond acceptors (Lipinski definition) is 3. The summed E-state index contributed by atoms with van der Waals surface area (Å²) in [6.45, 7) is 4.74. The lowest BCUT2D eigenvalue weighted by molar-refractivity contribution is -0.157. The van der Waals surface area contributed by atoms with E-state index >= 15 is 0 Å². The first-order chi connectivity index (χ1) is 9.91. The molecule has 1 heterocycles. The molecule has 1 aromatic rings. The lowest BCUT2D eigenvalue weighted by Crippen LogP contribution is -2.55. The van der Waals surface area contributed by atoms with Crippen LogP contribution < -0.4 is 0 Å². The van der Waals surface area contributed by atoms with Gasteiger partial charge in [0, 0.05) is 25.7 Å². The van der Waals surface area contributed by atoms with Gasteiger partial charge in [-0.2, -0.15) is 0 Å². The van der Waals surface area contributed by atoms with E-state index in [-0.39, 0.29) is 18.2 Å². The van der Waals surface area contributed by atoms with E-state index in [0.29, 0.717) is 18.7 Å². The zero-order valence-corrected chi connectivity index (χ0v) is 12.1. The molecular weight excluding hydrogens is 272 g/mol. The fraction of sp³-hybridized carbons (Fsp3) is 0.400. The Kier molecular flexibility index (Phi) is 4.26. The quantitative estimate of drug-likeness (QED) is 0.838. The Balaban J connectivity index is 2.17. The lowest BCUT2D eigenvalue weighted by Gasteiger charge is -2.36. The van der Waals surface area contributed by atoms with Crippen LogP contribution >= 0.6 is 0 Å². The predicted molar refractivity (Wildman–Crippen MR) is 75.7 cm³/mol. The summed E-state index contributed by atoms with van der Waals surface area (Å²) in [6.07, 6.45) is 0. The first-order valence-corrected chi connectivity index (χ1v) is 6.83. The van der Waals surface area contributed by atoms with E-state index in [1.807, 2.05) is 13.8 Å². The maximum absolute atomic E-state index is 12.1. The van der Waals surface area contributed by atoms with Gasteiger partial charge in [-0.15, -0.1) is 0 Å². The molecule has 21 heavy (non-hydrogen) atoms. The molecule has 0 aliphatic carbocycles. The Morgan fingerprint density at radius 2 is 1.86 bits per heavy atom. The number of hydrogen-bond donors (Lipinski definition) is 1. The Morgan fingerprint density at radius 1 is 1.19 bits per heavy atom. The molecule has 6 nitrogen and oxygen atoms in total. The number of carboxylic acids is 1. The van der Waals surface area contributed by atoms with Crippen LogP contribution in [0.2, 0.25) is 0 Å². The maximum Gasteiger partial charge on any atom is 0.336 e. The second kappa shape index (κ2) is 5.95. The Bertz CT molecular complexity index is 583. The van der Waals surface area contributed by atoms with Gasteiger partial charge in [0.2, 0.25) is 0 Å².